The van der Waals surface area contributed by atoms with Crippen LogP contribution < -0.4 is 4.90 Å². The lowest BCUT2D eigenvalue weighted by Gasteiger charge is -2.20. The highest BCUT2D eigenvalue weighted by atomic mass is 32.1. The van der Waals surface area contributed by atoms with Gasteiger partial charge < -0.3 is 9.64 Å². The molecule has 0 saturated heterocycles. The number of thiophene rings is 1. The quantitative estimate of drug-likeness (QED) is 0.482. The molecule has 0 saturated carbocycles. The molecule has 110 valence electrons. The molecule has 0 radical (unpaired) electrons. The Kier molecular flexibility index (Phi) is 4.54. The predicted octanol–water partition coefficient (Wildman–Crippen LogP) is 3.08. The number of methoxy groups -OCH3 is 1. The predicted molar refractivity (Wildman–Crippen MR) is 80.9 cm³/mol. The summed E-state index contributed by atoms with van der Waals surface area (Å²) in [7, 11) is 3.08. The van der Waals surface area contributed by atoms with Crippen LogP contribution in [0, 0.1) is 10.1 Å². The number of ether oxygens (including phenoxy) is 1. The normalized spacial score (nSPS) is 10.2. The van der Waals surface area contributed by atoms with Crippen molar-refractivity contribution in [3.63, 3.8) is 0 Å². The van der Waals surface area contributed by atoms with Crippen LogP contribution in [0.4, 0.5) is 11.4 Å². The molecule has 0 bridgehead atoms. The molecule has 0 aliphatic rings. The second-order valence-corrected chi connectivity index (χ2v) is 5.42. The fourth-order valence-corrected chi connectivity index (χ4v) is 2.72. The van der Waals surface area contributed by atoms with Crippen molar-refractivity contribution in [1.29, 1.82) is 0 Å². The van der Waals surface area contributed by atoms with Gasteiger partial charge in [-0.15, -0.1) is 11.3 Å². The van der Waals surface area contributed by atoms with Crippen molar-refractivity contribution in [1.82, 2.24) is 0 Å². The van der Waals surface area contributed by atoms with E-state index in [-0.39, 0.29) is 11.3 Å². The van der Waals surface area contributed by atoms with Gasteiger partial charge in [-0.25, -0.2) is 4.79 Å². The van der Waals surface area contributed by atoms with Crippen LogP contribution in [0.2, 0.25) is 0 Å². The summed E-state index contributed by atoms with van der Waals surface area (Å²) in [6, 6.07) is 8.13. The molecule has 0 unspecified atom stereocenters. The molecule has 6 nitrogen and oxygen atoms in total. The van der Waals surface area contributed by atoms with Crippen molar-refractivity contribution < 1.29 is 14.5 Å². The number of nitrogens with zero attached hydrogens (tertiary/aromatic N) is 2. The Bertz CT molecular complexity index is 655. The number of carbonyl (C=O) groups is 1. The molecule has 0 aliphatic carbocycles. The van der Waals surface area contributed by atoms with Crippen LogP contribution in [-0.2, 0) is 11.3 Å². The molecular formula is C14H14N2O4S. The third-order valence-corrected chi connectivity index (χ3v) is 3.84. The summed E-state index contributed by atoms with van der Waals surface area (Å²) in [6.45, 7) is 0.611. The largest absolute Gasteiger partial charge is 0.465 e. The van der Waals surface area contributed by atoms with E-state index in [1.807, 2.05) is 29.5 Å². The fourth-order valence-electron chi connectivity index (χ4n) is 1.97. The highest BCUT2D eigenvalue weighted by Gasteiger charge is 2.19. The van der Waals surface area contributed by atoms with Crippen molar-refractivity contribution in [2.24, 2.45) is 0 Å². The van der Waals surface area contributed by atoms with E-state index < -0.39 is 10.9 Å². The molecule has 0 atom stereocenters. The van der Waals surface area contributed by atoms with Gasteiger partial charge in [0.2, 0.25) is 0 Å². The average molecular weight is 306 g/mol. The molecular weight excluding hydrogens is 292 g/mol. The number of esters is 1. The van der Waals surface area contributed by atoms with Crippen LogP contribution in [0.1, 0.15) is 15.2 Å². The Balaban J connectivity index is 2.37. The van der Waals surface area contributed by atoms with E-state index in [2.05, 4.69) is 0 Å². The lowest BCUT2D eigenvalue weighted by Crippen LogP contribution is -2.19. The van der Waals surface area contributed by atoms with Crippen LogP contribution in [0.3, 0.4) is 0 Å². The molecule has 21 heavy (non-hydrogen) atoms. The molecule has 1 aromatic carbocycles. The number of nitro benzene ring substituents is 1. The van der Waals surface area contributed by atoms with E-state index >= 15 is 0 Å². The summed E-state index contributed by atoms with van der Waals surface area (Å²) >= 11 is 1.61. The third-order valence-electron chi connectivity index (χ3n) is 2.98. The van der Waals surface area contributed by atoms with Gasteiger partial charge in [-0.3, -0.25) is 10.1 Å². The van der Waals surface area contributed by atoms with Gasteiger partial charge in [0, 0.05) is 24.1 Å². The highest BCUT2D eigenvalue weighted by molar-refractivity contribution is 7.09. The monoisotopic (exact) mass is 306 g/mol. The van der Waals surface area contributed by atoms with E-state index in [4.69, 9.17) is 4.74 Å². The lowest BCUT2D eigenvalue weighted by molar-refractivity contribution is -0.384. The number of non-ortho nitro benzene ring substituents is 1. The number of rotatable bonds is 5. The third kappa shape index (κ3) is 3.38. The van der Waals surface area contributed by atoms with Gasteiger partial charge in [0.15, 0.2) is 0 Å². The van der Waals surface area contributed by atoms with Gasteiger partial charge in [0.25, 0.3) is 5.69 Å². The zero-order valence-corrected chi connectivity index (χ0v) is 12.4. The van der Waals surface area contributed by atoms with Gasteiger partial charge in [-0.05, 0) is 17.5 Å². The molecule has 0 fully saturated rings. The van der Waals surface area contributed by atoms with E-state index in [1.54, 1.807) is 17.4 Å². The maximum Gasteiger partial charge on any atom is 0.340 e. The number of hydrogen-bond acceptors (Lipinski definition) is 6. The number of hydrogen-bond donors (Lipinski definition) is 0. The zero-order chi connectivity index (χ0) is 15.4. The van der Waals surface area contributed by atoms with Crippen molar-refractivity contribution >= 4 is 28.7 Å². The summed E-state index contributed by atoms with van der Waals surface area (Å²) in [6.07, 6.45) is 0. The average Bonchev–Trinajstić information content (AvgIpc) is 2.98. The van der Waals surface area contributed by atoms with Crippen LogP contribution in [0.15, 0.2) is 35.7 Å². The topological polar surface area (TPSA) is 72.7 Å². The standard InChI is InChI=1S/C14H14N2O4S/c1-15(9-11-4-3-7-21-11)13-6-5-10(16(18)19)8-12(13)14(17)20-2/h3-8H,9H2,1-2H3. The lowest BCUT2D eigenvalue weighted by atomic mass is 10.1. The number of benzene rings is 1. The zero-order valence-electron chi connectivity index (χ0n) is 11.6. The van der Waals surface area contributed by atoms with Gasteiger partial charge in [0.1, 0.15) is 0 Å². The van der Waals surface area contributed by atoms with Crippen molar-refractivity contribution in [3.8, 4) is 0 Å². The molecule has 0 amide bonds. The second kappa shape index (κ2) is 6.36. The molecule has 1 heterocycles. The molecule has 0 aliphatic heterocycles. The first-order valence-corrected chi connectivity index (χ1v) is 7.01. The Morgan fingerprint density at radius 2 is 2.19 bits per heavy atom. The van der Waals surface area contributed by atoms with Gasteiger partial charge >= 0.3 is 5.97 Å². The maximum absolute atomic E-state index is 11.8. The summed E-state index contributed by atoms with van der Waals surface area (Å²) in [5.74, 6) is -0.591. The Labute approximate surface area is 125 Å². The minimum Gasteiger partial charge on any atom is -0.465 e. The van der Waals surface area contributed by atoms with Crippen LogP contribution in [-0.4, -0.2) is 25.1 Å². The first kappa shape index (κ1) is 15.0. The summed E-state index contributed by atoms with van der Waals surface area (Å²) < 4.78 is 4.71. The van der Waals surface area contributed by atoms with E-state index in [0.717, 1.165) is 4.88 Å². The SMILES string of the molecule is COC(=O)c1cc([N+](=O)[O-])ccc1N(C)Cc1cccs1. The number of anilines is 1. The minimum atomic E-state index is -0.591. The van der Waals surface area contributed by atoms with Crippen molar-refractivity contribution in [2.45, 2.75) is 6.54 Å². The molecule has 2 rings (SSSR count). The summed E-state index contributed by atoms with van der Waals surface area (Å²) in [4.78, 5) is 25.2. The van der Waals surface area contributed by atoms with Gasteiger partial charge in [-0.2, -0.15) is 0 Å². The maximum atomic E-state index is 11.8. The van der Waals surface area contributed by atoms with E-state index in [1.165, 1.54) is 19.2 Å². The van der Waals surface area contributed by atoms with E-state index in [9.17, 15) is 14.9 Å². The van der Waals surface area contributed by atoms with Crippen molar-refractivity contribution in [3.05, 3.63) is 56.3 Å². The molecule has 0 N–H and O–H groups in total. The molecule has 2 aromatic rings. The summed E-state index contributed by atoms with van der Waals surface area (Å²) in [5.41, 5.74) is 0.648. The Hall–Kier alpha value is -2.41. The Morgan fingerprint density at radius 1 is 1.43 bits per heavy atom. The first-order chi connectivity index (χ1) is 10.0. The summed E-state index contributed by atoms with van der Waals surface area (Å²) in [5, 5.41) is 12.8. The smallest absolute Gasteiger partial charge is 0.340 e. The van der Waals surface area contributed by atoms with E-state index in [0.29, 0.717) is 12.2 Å². The highest BCUT2D eigenvalue weighted by Crippen LogP contribution is 2.27. The molecule has 1 aromatic heterocycles. The molecule has 7 heteroatoms. The van der Waals surface area contributed by atoms with Crippen LogP contribution in [0.25, 0.3) is 0 Å². The molecule has 0 spiro atoms. The first-order valence-electron chi connectivity index (χ1n) is 6.13. The fraction of sp³-hybridized carbons (Fsp3) is 0.214. The van der Waals surface area contributed by atoms with Crippen LogP contribution >= 0.6 is 11.3 Å². The number of nitro groups is 1. The van der Waals surface area contributed by atoms with Crippen LogP contribution in [0.5, 0.6) is 0 Å². The Morgan fingerprint density at radius 3 is 2.76 bits per heavy atom. The van der Waals surface area contributed by atoms with Crippen molar-refractivity contribution in [2.75, 3.05) is 19.1 Å². The minimum absolute atomic E-state index is 0.135. The second-order valence-electron chi connectivity index (χ2n) is 4.39. The number of carbonyl (C=O) groups excluding carboxylic acids is 1. The van der Waals surface area contributed by atoms with Gasteiger partial charge in [-0.1, -0.05) is 6.07 Å². The van der Waals surface area contributed by atoms with Gasteiger partial charge in [0.05, 0.1) is 29.8 Å².